The van der Waals surface area contributed by atoms with Crippen LogP contribution < -0.4 is 10.0 Å². The van der Waals surface area contributed by atoms with Gasteiger partial charge in [-0.1, -0.05) is 11.3 Å². The fraction of sp³-hybridized carbons (Fsp3) is 0.211. The molecule has 0 aliphatic rings. The van der Waals surface area contributed by atoms with Gasteiger partial charge in [-0.3, -0.25) is 14.2 Å². The smallest absolute Gasteiger partial charge is 0.291 e. The number of nitrogens with one attached hydrogen (secondary N) is 2. The van der Waals surface area contributed by atoms with Crippen molar-refractivity contribution < 1.29 is 17.6 Å². The van der Waals surface area contributed by atoms with Crippen LogP contribution in [0.5, 0.6) is 0 Å². The first kappa shape index (κ1) is 20.1. The summed E-state index contributed by atoms with van der Waals surface area (Å²) in [5.74, 6) is 0.434. The summed E-state index contributed by atoms with van der Waals surface area (Å²) in [6.45, 7) is 4.32. The first-order valence-corrected chi connectivity index (χ1v) is 11.7. The largest absolute Gasteiger partial charge is 0.454 e. The van der Waals surface area contributed by atoms with E-state index in [1.54, 1.807) is 30.3 Å². The number of hydrogen-bond donors (Lipinski definition) is 2. The maximum absolute atomic E-state index is 12.5. The van der Waals surface area contributed by atoms with Crippen molar-refractivity contribution >= 4 is 48.3 Å². The molecule has 0 aliphatic heterocycles. The van der Waals surface area contributed by atoms with Crippen LogP contribution in [0.1, 0.15) is 27.7 Å². The molecule has 2 N–H and O–H groups in total. The second kappa shape index (κ2) is 7.58. The monoisotopic (exact) mass is 445 g/mol. The van der Waals surface area contributed by atoms with Crippen LogP contribution >= 0.6 is 11.3 Å². The minimum Gasteiger partial charge on any atom is -0.454 e. The van der Waals surface area contributed by atoms with E-state index >= 15 is 0 Å². The number of aromatic nitrogens is 3. The summed E-state index contributed by atoms with van der Waals surface area (Å²) in [4.78, 5) is 16.8. The molecule has 0 saturated carbocycles. The average Bonchev–Trinajstić information content (AvgIpc) is 3.32. The molecule has 11 heteroatoms. The van der Waals surface area contributed by atoms with Crippen LogP contribution in [0.4, 0.5) is 10.8 Å². The zero-order valence-electron chi connectivity index (χ0n) is 16.5. The van der Waals surface area contributed by atoms with Crippen molar-refractivity contribution in [1.29, 1.82) is 0 Å². The molecule has 0 aliphatic carbocycles. The molecule has 3 aromatic heterocycles. The van der Waals surface area contributed by atoms with Gasteiger partial charge >= 0.3 is 0 Å². The van der Waals surface area contributed by atoms with E-state index in [-0.39, 0.29) is 16.8 Å². The van der Waals surface area contributed by atoms with Gasteiger partial charge in [0, 0.05) is 11.4 Å². The Bertz CT molecular complexity index is 1350. The van der Waals surface area contributed by atoms with Gasteiger partial charge in [-0.2, -0.15) is 5.10 Å². The Kier molecular flexibility index (Phi) is 5.08. The molecule has 0 atom stereocenters. The van der Waals surface area contributed by atoms with E-state index < -0.39 is 10.0 Å². The number of thiazole rings is 1. The number of rotatable bonds is 6. The van der Waals surface area contributed by atoms with Crippen LogP contribution in [0.2, 0.25) is 0 Å². The van der Waals surface area contributed by atoms with Crippen LogP contribution in [0.15, 0.2) is 40.8 Å². The van der Waals surface area contributed by atoms with Crippen molar-refractivity contribution in [1.82, 2.24) is 14.8 Å². The summed E-state index contributed by atoms with van der Waals surface area (Å²) in [5, 5.41) is 7.45. The summed E-state index contributed by atoms with van der Waals surface area (Å²) in [7, 11) is -3.40. The lowest BCUT2D eigenvalue weighted by atomic mass is 10.3. The SMILES string of the molecule is Cc1cc(C)n(Cc2ccc(C(=O)Nc3ccc4nc(NS(C)(=O)=O)sc4c3)o2)n1. The number of anilines is 2. The predicted octanol–water partition coefficient (Wildman–Crippen LogP) is 3.37. The van der Waals surface area contributed by atoms with Crippen molar-refractivity contribution in [3.8, 4) is 0 Å². The number of sulfonamides is 1. The number of hydrogen-bond acceptors (Lipinski definition) is 7. The Morgan fingerprint density at radius 1 is 1.20 bits per heavy atom. The lowest BCUT2D eigenvalue weighted by Gasteiger charge is -2.03. The number of carbonyl (C=O) groups excluding carboxylic acids is 1. The summed E-state index contributed by atoms with van der Waals surface area (Å²) in [6, 6.07) is 10.5. The van der Waals surface area contributed by atoms with Crippen molar-refractivity contribution in [2.45, 2.75) is 20.4 Å². The molecule has 0 spiro atoms. The standard InChI is InChI=1S/C19H19N5O4S2/c1-11-8-12(2)24(22-11)10-14-5-7-16(28-14)18(25)20-13-4-6-15-17(9-13)29-19(21-15)23-30(3,26)27/h4-9H,10H2,1-3H3,(H,20,25)(H,21,23). The van der Waals surface area contributed by atoms with Crippen molar-refractivity contribution in [3.05, 3.63) is 59.3 Å². The molecule has 0 radical (unpaired) electrons. The number of aryl methyl sites for hydroxylation is 2. The Morgan fingerprint density at radius 2 is 2.00 bits per heavy atom. The van der Waals surface area contributed by atoms with Gasteiger partial charge in [0.15, 0.2) is 10.9 Å². The van der Waals surface area contributed by atoms with Crippen molar-refractivity contribution in [3.63, 3.8) is 0 Å². The van der Waals surface area contributed by atoms with Gasteiger partial charge in [0.1, 0.15) is 5.76 Å². The van der Waals surface area contributed by atoms with Crippen LogP contribution in [0.25, 0.3) is 10.2 Å². The fourth-order valence-electron chi connectivity index (χ4n) is 2.96. The third-order valence-electron chi connectivity index (χ3n) is 4.21. The van der Waals surface area contributed by atoms with Gasteiger partial charge in [0.05, 0.1) is 28.7 Å². The lowest BCUT2D eigenvalue weighted by molar-refractivity contribution is 0.0994. The van der Waals surface area contributed by atoms with Crippen LogP contribution in [0, 0.1) is 13.8 Å². The molecule has 0 bridgehead atoms. The average molecular weight is 446 g/mol. The molecule has 1 aromatic carbocycles. The van der Waals surface area contributed by atoms with Gasteiger partial charge in [0.2, 0.25) is 10.0 Å². The minimum absolute atomic E-state index is 0.190. The summed E-state index contributed by atoms with van der Waals surface area (Å²) >= 11 is 1.18. The van der Waals surface area contributed by atoms with E-state index in [1.807, 2.05) is 24.6 Å². The Morgan fingerprint density at radius 3 is 2.70 bits per heavy atom. The molecule has 156 valence electrons. The number of benzene rings is 1. The number of nitrogens with zero attached hydrogens (tertiary/aromatic N) is 3. The van der Waals surface area contributed by atoms with E-state index in [2.05, 4.69) is 20.1 Å². The molecular formula is C19H19N5O4S2. The Labute approximate surface area is 176 Å². The third-order valence-corrected chi connectivity index (χ3v) is 5.84. The summed E-state index contributed by atoms with van der Waals surface area (Å²) in [6.07, 6.45) is 1.07. The molecular weight excluding hydrogens is 426 g/mol. The quantitative estimate of drug-likeness (QED) is 0.470. The first-order chi connectivity index (χ1) is 14.2. The highest BCUT2D eigenvalue weighted by Crippen LogP contribution is 2.29. The molecule has 0 saturated heterocycles. The highest BCUT2D eigenvalue weighted by Gasteiger charge is 2.14. The van der Waals surface area contributed by atoms with Gasteiger partial charge in [-0.25, -0.2) is 13.4 Å². The van der Waals surface area contributed by atoms with Crippen LogP contribution in [0.3, 0.4) is 0 Å². The minimum atomic E-state index is -3.40. The van der Waals surface area contributed by atoms with Gasteiger partial charge in [-0.15, -0.1) is 0 Å². The van der Waals surface area contributed by atoms with E-state index in [0.717, 1.165) is 22.3 Å². The van der Waals surface area contributed by atoms with Gasteiger partial charge < -0.3 is 9.73 Å². The second-order valence-electron chi connectivity index (χ2n) is 6.88. The van der Waals surface area contributed by atoms with E-state index in [1.165, 1.54) is 11.3 Å². The fourth-order valence-corrected chi connectivity index (χ4v) is 4.70. The second-order valence-corrected chi connectivity index (χ2v) is 9.66. The van der Waals surface area contributed by atoms with Crippen molar-refractivity contribution in [2.24, 2.45) is 0 Å². The Balaban J connectivity index is 1.47. The maximum atomic E-state index is 12.5. The number of furan rings is 1. The molecule has 3 heterocycles. The molecule has 1 amide bonds. The summed E-state index contributed by atoms with van der Waals surface area (Å²) in [5.41, 5.74) is 3.12. The number of fused-ring (bicyclic) bond motifs is 1. The third kappa shape index (κ3) is 4.52. The topological polar surface area (TPSA) is 119 Å². The molecule has 0 fully saturated rings. The summed E-state index contributed by atoms with van der Waals surface area (Å²) < 4.78 is 33.3. The molecule has 30 heavy (non-hydrogen) atoms. The zero-order valence-corrected chi connectivity index (χ0v) is 18.1. The number of carbonyl (C=O) groups is 1. The maximum Gasteiger partial charge on any atom is 0.291 e. The highest BCUT2D eigenvalue weighted by molar-refractivity contribution is 7.92. The van der Waals surface area contributed by atoms with Crippen molar-refractivity contribution in [2.75, 3.05) is 16.3 Å². The molecule has 4 rings (SSSR count). The molecule has 9 nitrogen and oxygen atoms in total. The number of amides is 1. The molecule has 4 aromatic rings. The van der Waals surface area contributed by atoms with E-state index in [4.69, 9.17) is 4.42 Å². The van der Waals surface area contributed by atoms with Gasteiger partial charge in [0.25, 0.3) is 5.91 Å². The Hall–Kier alpha value is -3.18. The zero-order chi connectivity index (χ0) is 21.5. The lowest BCUT2D eigenvalue weighted by Crippen LogP contribution is -2.10. The van der Waals surface area contributed by atoms with E-state index in [9.17, 15) is 13.2 Å². The highest BCUT2D eigenvalue weighted by atomic mass is 32.2. The van der Waals surface area contributed by atoms with Crippen LogP contribution in [-0.4, -0.2) is 35.3 Å². The van der Waals surface area contributed by atoms with E-state index in [0.29, 0.717) is 23.5 Å². The normalized spacial score (nSPS) is 11.7. The predicted molar refractivity (Wildman–Crippen MR) is 116 cm³/mol. The molecule has 0 unspecified atom stereocenters. The first-order valence-electron chi connectivity index (χ1n) is 8.96. The van der Waals surface area contributed by atoms with Gasteiger partial charge in [-0.05, 0) is 50.2 Å². The van der Waals surface area contributed by atoms with Crippen LogP contribution in [-0.2, 0) is 16.6 Å².